The minimum absolute atomic E-state index is 0.0914. The van der Waals surface area contributed by atoms with Gasteiger partial charge >= 0.3 is 5.97 Å². The van der Waals surface area contributed by atoms with E-state index in [1.165, 1.54) is 16.9 Å². The third-order valence-electron chi connectivity index (χ3n) is 3.34. The molecular formula is C17H21ClN4O5. The zero-order chi connectivity index (χ0) is 19.8. The maximum absolute atomic E-state index is 12.4. The molecule has 0 saturated carbocycles. The molecule has 0 saturated heterocycles. The number of rotatable bonds is 10. The van der Waals surface area contributed by atoms with Gasteiger partial charge in [0.1, 0.15) is 12.2 Å². The van der Waals surface area contributed by atoms with Gasteiger partial charge in [0.15, 0.2) is 11.5 Å². The predicted octanol–water partition coefficient (Wildman–Crippen LogP) is 2.13. The lowest BCUT2D eigenvalue weighted by Gasteiger charge is -2.14. The van der Waals surface area contributed by atoms with E-state index in [0.29, 0.717) is 36.0 Å². The van der Waals surface area contributed by atoms with Gasteiger partial charge in [-0.2, -0.15) is 0 Å². The Morgan fingerprint density at radius 1 is 1.30 bits per heavy atom. The Morgan fingerprint density at radius 3 is 2.74 bits per heavy atom. The molecule has 1 heterocycles. The van der Waals surface area contributed by atoms with Crippen molar-refractivity contribution in [1.29, 1.82) is 0 Å². The van der Waals surface area contributed by atoms with Crippen LogP contribution in [0.3, 0.4) is 0 Å². The molecule has 27 heavy (non-hydrogen) atoms. The number of halogens is 1. The largest absolute Gasteiger partial charge is 0.490 e. The summed E-state index contributed by atoms with van der Waals surface area (Å²) in [6, 6.07) is 3.07. The summed E-state index contributed by atoms with van der Waals surface area (Å²) in [5, 5.41) is 19.2. The van der Waals surface area contributed by atoms with Crippen LogP contribution in [0.4, 0.5) is 0 Å². The van der Waals surface area contributed by atoms with Gasteiger partial charge in [0.2, 0.25) is 0 Å². The number of nitrogens with one attached hydrogen (secondary N) is 1. The van der Waals surface area contributed by atoms with E-state index in [9.17, 15) is 9.59 Å². The number of carboxylic acids is 1. The lowest BCUT2D eigenvalue weighted by atomic mass is 10.2. The lowest BCUT2D eigenvalue weighted by Crippen LogP contribution is -2.23. The van der Waals surface area contributed by atoms with Crippen molar-refractivity contribution in [1.82, 2.24) is 20.3 Å². The minimum Gasteiger partial charge on any atom is -0.490 e. The zero-order valence-corrected chi connectivity index (χ0v) is 15.8. The van der Waals surface area contributed by atoms with Crippen molar-refractivity contribution in [3.8, 4) is 11.5 Å². The van der Waals surface area contributed by atoms with Crippen LogP contribution in [-0.4, -0.2) is 45.2 Å². The van der Waals surface area contributed by atoms with Crippen LogP contribution in [-0.2, 0) is 17.9 Å². The van der Waals surface area contributed by atoms with Crippen LogP contribution in [0.1, 0.15) is 36.3 Å². The normalized spacial score (nSPS) is 10.5. The van der Waals surface area contributed by atoms with Crippen LogP contribution >= 0.6 is 11.6 Å². The van der Waals surface area contributed by atoms with E-state index in [4.69, 9.17) is 26.2 Å². The number of ether oxygens (including phenoxy) is 2. The fourth-order valence-corrected chi connectivity index (χ4v) is 2.48. The molecular weight excluding hydrogens is 376 g/mol. The topological polar surface area (TPSA) is 116 Å². The number of aromatic nitrogens is 3. The SMILES string of the molecule is CCCOc1c(Cl)cc(C(=O)NCc2cn(CC(=O)O)nn2)cc1OCC. The van der Waals surface area contributed by atoms with Crippen LogP contribution in [0, 0.1) is 0 Å². The number of aliphatic carboxylic acids is 1. The van der Waals surface area contributed by atoms with Crippen LogP contribution in [0.5, 0.6) is 11.5 Å². The van der Waals surface area contributed by atoms with Gasteiger partial charge in [-0.15, -0.1) is 5.10 Å². The highest BCUT2D eigenvalue weighted by Gasteiger charge is 2.16. The van der Waals surface area contributed by atoms with Gasteiger partial charge in [-0.25, -0.2) is 4.68 Å². The molecule has 0 radical (unpaired) electrons. The maximum Gasteiger partial charge on any atom is 0.325 e. The van der Waals surface area contributed by atoms with Gasteiger partial charge in [-0.3, -0.25) is 9.59 Å². The molecule has 0 aliphatic carbocycles. The summed E-state index contributed by atoms with van der Waals surface area (Å²) >= 11 is 6.25. The Morgan fingerprint density at radius 2 is 2.07 bits per heavy atom. The van der Waals surface area contributed by atoms with E-state index < -0.39 is 5.97 Å². The monoisotopic (exact) mass is 396 g/mol. The molecule has 0 bridgehead atoms. The first-order chi connectivity index (χ1) is 12.9. The van der Waals surface area contributed by atoms with E-state index in [1.54, 1.807) is 6.07 Å². The van der Waals surface area contributed by atoms with Crippen LogP contribution < -0.4 is 14.8 Å². The fraction of sp³-hybridized carbons (Fsp3) is 0.412. The average Bonchev–Trinajstić information content (AvgIpc) is 3.05. The van der Waals surface area contributed by atoms with Crippen molar-refractivity contribution >= 4 is 23.5 Å². The van der Waals surface area contributed by atoms with Gasteiger partial charge in [-0.1, -0.05) is 23.7 Å². The highest BCUT2D eigenvalue weighted by molar-refractivity contribution is 6.32. The van der Waals surface area contributed by atoms with Crippen LogP contribution in [0.2, 0.25) is 5.02 Å². The second kappa shape index (κ2) is 9.77. The average molecular weight is 397 g/mol. The molecule has 2 rings (SSSR count). The highest BCUT2D eigenvalue weighted by atomic mass is 35.5. The molecule has 10 heteroatoms. The number of carboxylic acid groups (broad SMARTS) is 1. The Kier molecular flexibility index (Phi) is 7.42. The van der Waals surface area contributed by atoms with Crippen LogP contribution in [0.15, 0.2) is 18.3 Å². The number of hydrogen-bond donors (Lipinski definition) is 2. The van der Waals surface area contributed by atoms with E-state index in [-0.39, 0.29) is 24.0 Å². The van der Waals surface area contributed by atoms with Gasteiger partial charge < -0.3 is 19.9 Å². The summed E-state index contributed by atoms with van der Waals surface area (Å²) in [4.78, 5) is 23.1. The summed E-state index contributed by atoms with van der Waals surface area (Å²) in [7, 11) is 0. The van der Waals surface area contributed by atoms with E-state index in [0.717, 1.165) is 6.42 Å². The maximum atomic E-state index is 12.4. The molecule has 0 fully saturated rings. The van der Waals surface area contributed by atoms with Crippen molar-refractivity contribution in [2.75, 3.05) is 13.2 Å². The fourth-order valence-electron chi connectivity index (χ4n) is 2.21. The van der Waals surface area contributed by atoms with Gasteiger partial charge in [-0.05, 0) is 25.5 Å². The highest BCUT2D eigenvalue weighted by Crippen LogP contribution is 2.36. The third kappa shape index (κ3) is 5.85. The summed E-state index contributed by atoms with van der Waals surface area (Å²) in [6.45, 7) is 4.48. The predicted molar refractivity (Wildman–Crippen MR) is 97.2 cm³/mol. The number of nitrogens with zero attached hydrogens (tertiary/aromatic N) is 3. The van der Waals surface area contributed by atoms with E-state index in [1.807, 2.05) is 13.8 Å². The second-order valence-electron chi connectivity index (χ2n) is 5.55. The zero-order valence-electron chi connectivity index (χ0n) is 15.1. The first-order valence-electron chi connectivity index (χ1n) is 8.42. The summed E-state index contributed by atoms with van der Waals surface area (Å²) < 4.78 is 12.3. The molecule has 1 amide bonds. The molecule has 0 spiro atoms. The summed E-state index contributed by atoms with van der Waals surface area (Å²) in [5.41, 5.74) is 0.744. The molecule has 146 valence electrons. The number of carbonyl (C=O) groups excluding carboxylic acids is 1. The number of benzene rings is 1. The molecule has 2 aromatic rings. The van der Waals surface area contributed by atoms with Crippen molar-refractivity contribution < 1.29 is 24.2 Å². The first kappa shape index (κ1) is 20.5. The molecule has 9 nitrogen and oxygen atoms in total. The Balaban J connectivity index is 2.08. The standard InChI is InChI=1S/C17H21ClN4O5/c1-3-5-27-16-13(18)6-11(7-14(16)26-4-2)17(25)19-8-12-9-22(21-20-12)10-15(23)24/h6-7,9H,3-5,8,10H2,1-2H3,(H,19,25)(H,23,24). The quantitative estimate of drug-likeness (QED) is 0.632. The summed E-state index contributed by atoms with van der Waals surface area (Å²) in [5.74, 6) is -0.601. The Hall–Kier alpha value is -2.81. The van der Waals surface area contributed by atoms with Crippen LogP contribution in [0.25, 0.3) is 0 Å². The smallest absolute Gasteiger partial charge is 0.325 e. The van der Waals surface area contributed by atoms with Crippen molar-refractivity contribution in [2.24, 2.45) is 0 Å². The number of amides is 1. The van der Waals surface area contributed by atoms with Gasteiger partial charge in [0.25, 0.3) is 5.91 Å². The molecule has 0 unspecified atom stereocenters. The molecule has 0 aliphatic heterocycles. The van der Waals surface area contributed by atoms with Crippen molar-refractivity contribution in [2.45, 2.75) is 33.4 Å². The van der Waals surface area contributed by atoms with Crippen molar-refractivity contribution in [3.63, 3.8) is 0 Å². The van der Waals surface area contributed by atoms with Gasteiger partial charge in [0.05, 0.1) is 31.0 Å². The Bertz CT molecular complexity index is 809. The molecule has 1 aromatic heterocycles. The lowest BCUT2D eigenvalue weighted by molar-refractivity contribution is -0.137. The van der Waals surface area contributed by atoms with E-state index in [2.05, 4.69) is 15.6 Å². The Labute approximate surface area is 161 Å². The van der Waals surface area contributed by atoms with Crippen molar-refractivity contribution in [3.05, 3.63) is 34.6 Å². The molecule has 0 atom stereocenters. The molecule has 1 aromatic carbocycles. The minimum atomic E-state index is -1.03. The second-order valence-corrected chi connectivity index (χ2v) is 5.96. The molecule has 0 aliphatic rings. The van der Waals surface area contributed by atoms with Gasteiger partial charge in [0, 0.05) is 5.56 Å². The third-order valence-corrected chi connectivity index (χ3v) is 3.62. The number of carbonyl (C=O) groups is 2. The van der Waals surface area contributed by atoms with E-state index >= 15 is 0 Å². The molecule has 2 N–H and O–H groups in total. The summed E-state index contributed by atoms with van der Waals surface area (Å²) in [6.07, 6.45) is 2.27. The number of hydrogen-bond acceptors (Lipinski definition) is 6. The first-order valence-corrected chi connectivity index (χ1v) is 8.80.